The monoisotopic (exact) mass is 370 g/mol. The zero-order valence-corrected chi connectivity index (χ0v) is 16.0. The lowest BCUT2D eigenvalue weighted by Gasteiger charge is -2.40. The number of para-hydroxylation sites is 1. The van der Waals surface area contributed by atoms with Crippen LogP contribution in [0, 0.1) is 0 Å². The third-order valence-corrected chi connectivity index (χ3v) is 6.33. The summed E-state index contributed by atoms with van der Waals surface area (Å²) in [4.78, 5) is 26.7. The SMILES string of the molecule is O=C(CCN1CCCCCC1=O)NC1CC2(CCCC2)Oc2ccccc21. The van der Waals surface area contributed by atoms with Crippen molar-refractivity contribution in [3.8, 4) is 5.75 Å². The van der Waals surface area contributed by atoms with E-state index in [4.69, 9.17) is 4.74 Å². The number of carbonyl (C=O) groups is 2. The molecule has 1 saturated heterocycles. The smallest absolute Gasteiger partial charge is 0.222 e. The average molecular weight is 370 g/mol. The summed E-state index contributed by atoms with van der Waals surface area (Å²) in [5, 5.41) is 3.24. The minimum Gasteiger partial charge on any atom is -0.487 e. The molecule has 1 aromatic carbocycles. The van der Waals surface area contributed by atoms with E-state index in [0.717, 1.165) is 56.4 Å². The minimum atomic E-state index is -0.118. The van der Waals surface area contributed by atoms with E-state index in [1.807, 2.05) is 23.1 Å². The predicted molar refractivity (Wildman–Crippen MR) is 103 cm³/mol. The Kier molecular flexibility index (Phi) is 5.37. The fraction of sp³-hybridized carbons (Fsp3) is 0.636. The molecule has 5 nitrogen and oxygen atoms in total. The average Bonchev–Trinajstić information content (AvgIpc) is 3.00. The van der Waals surface area contributed by atoms with Crippen LogP contribution < -0.4 is 10.1 Å². The molecule has 0 radical (unpaired) electrons. The van der Waals surface area contributed by atoms with E-state index in [0.29, 0.717) is 19.4 Å². The highest BCUT2D eigenvalue weighted by Gasteiger charge is 2.43. The highest BCUT2D eigenvalue weighted by Crippen LogP contribution is 2.46. The van der Waals surface area contributed by atoms with Gasteiger partial charge in [-0.2, -0.15) is 0 Å². The van der Waals surface area contributed by atoms with Gasteiger partial charge >= 0.3 is 0 Å². The maximum absolute atomic E-state index is 12.7. The first-order chi connectivity index (χ1) is 13.2. The van der Waals surface area contributed by atoms with E-state index in [2.05, 4.69) is 11.4 Å². The van der Waals surface area contributed by atoms with Crippen LogP contribution in [0.25, 0.3) is 0 Å². The predicted octanol–water partition coefficient (Wildman–Crippen LogP) is 3.73. The van der Waals surface area contributed by atoms with Crippen LogP contribution in [0.3, 0.4) is 0 Å². The summed E-state index contributed by atoms with van der Waals surface area (Å²) in [6, 6.07) is 8.07. The van der Waals surface area contributed by atoms with Crippen molar-refractivity contribution in [2.45, 2.75) is 75.9 Å². The Labute approximate surface area is 161 Å². The molecular formula is C22H30N2O3. The van der Waals surface area contributed by atoms with E-state index in [-0.39, 0.29) is 23.5 Å². The van der Waals surface area contributed by atoms with Gasteiger partial charge in [-0.05, 0) is 44.6 Å². The molecule has 1 unspecified atom stereocenters. The van der Waals surface area contributed by atoms with Crippen LogP contribution in [0.2, 0.25) is 0 Å². The number of ether oxygens (including phenoxy) is 1. The van der Waals surface area contributed by atoms with Crippen LogP contribution in [0.15, 0.2) is 24.3 Å². The van der Waals surface area contributed by atoms with Gasteiger partial charge in [-0.15, -0.1) is 0 Å². The lowest BCUT2D eigenvalue weighted by Crippen LogP contribution is -2.44. The van der Waals surface area contributed by atoms with Gasteiger partial charge < -0.3 is 15.0 Å². The number of hydrogen-bond acceptors (Lipinski definition) is 3. The minimum absolute atomic E-state index is 0.000357. The number of rotatable bonds is 4. The number of benzene rings is 1. The van der Waals surface area contributed by atoms with Crippen molar-refractivity contribution in [2.75, 3.05) is 13.1 Å². The van der Waals surface area contributed by atoms with E-state index < -0.39 is 0 Å². The van der Waals surface area contributed by atoms with Crippen LogP contribution in [0.4, 0.5) is 0 Å². The van der Waals surface area contributed by atoms with Gasteiger partial charge in [0.1, 0.15) is 11.4 Å². The van der Waals surface area contributed by atoms with Gasteiger partial charge in [0.25, 0.3) is 0 Å². The number of hydrogen-bond donors (Lipinski definition) is 1. The number of nitrogens with one attached hydrogen (secondary N) is 1. The maximum Gasteiger partial charge on any atom is 0.222 e. The third kappa shape index (κ3) is 4.12. The molecule has 2 aliphatic heterocycles. The molecule has 27 heavy (non-hydrogen) atoms. The quantitative estimate of drug-likeness (QED) is 0.878. The molecule has 0 aromatic heterocycles. The molecule has 5 heteroatoms. The van der Waals surface area contributed by atoms with Crippen molar-refractivity contribution in [1.29, 1.82) is 0 Å². The molecule has 1 N–H and O–H groups in total. The molecule has 3 aliphatic rings. The van der Waals surface area contributed by atoms with Gasteiger partial charge in [0.15, 0.2) is 0 Å². The Morgan fingerprint density at radius 1 is 1.15 bits per heavy atom. The van der Waals surface area contributed by atoms with Gasteiger partial charge in [0.2, 0.25) is 11.8 Å². The number of amides is 2. The third-order valence-electron chi connectivity index (χ3n) is 6.33. The largest absolute Gasteiger partial charge is 0.487 e. The summed E-state index contributed by atoms with van der Waals surface area (Å²) in [5.74, 6) is 1.14. The number of nitrogens with zero attached hydrogens (tertiary/aromatic N) is 1. The molecule has 1 saturated carbocycles. The second-order valence-electron chi connectivity index (χ2n) is 8.30. The van der Waals surface area contributed by atoms with Gasteiger partial charge in [-0.3, -0.25) is 9.59 Å². The molecule has 0 bridgehead atoms. The Morgan fingerprint density at radius 3 is 2.81 bits per heavy atom. The molecule has 2 amide bonds. The first-order valence-corrected chi connectivity index (χ1v) is 10.5. The van der Waals surface area contributed by atoms with Crippen molar-refractivity contribution < 1.29 is 14.3 Å². The van der Waals surface area contributed by atoms with Gasteiger partial charge in [0.05, 0.1) is 6.04 Å². The van der Waals surface area contributed by atoms with Crippen molar-refractivity contribution >= 4 is 11.8 Å². The fourth-order valence-electron chi connectivity index (χ4n) is 4.85. The van der Waals surface area contributed by atoms with Crippen LogP contribution in [-0.4, -0.2) is 35.4 Å². The standard InChI is InChI=1S/C22H30N2O3/c25-20(11-15-24-14-7-1-2-10-21(24)26)23-18-16-22(12-5-6-13-22)27-19-9-4-3-8-17(18)19/h3-4,8-9,18H,1-2,5-7,10-16H2,(H,23,25). The topological polar surface area (TPSA) is 58.6 Å². The number of fused-ring (bicyclic) bond motifs is 1. The van der Waals surface area contributed by atoms with Crippen molar-refractivity contribution in [1.82, 2.24) is 10.2 Å². The molecular weight excluding hydrogens is 340 g/mol. The van der Waals surface area contributed by atoms with Crippen LogP contribution in [0.5, 0.6) is 5.75 Å². The van der Waals surface area contributed by atoms with Gasteiger partial charge in [-0.1, -0.05) is 24.6 Å². The summed E-state index contributed by atoms with van der Waals surface area (Å²) in [6.45, 7) is 1.32. The van der Waals surface area contributed by atoms with Crippen molar-refractivity contribution in [2.24, 2.45) is 0 Å². The molecule has 2 heterocycles. The molecule has 1 spiro atoms. The lowest BCUT2D eigenvalue weighted by molar-refractivity contribution is -0.131. The molecule has 1 atom stereocenters. The fourth-order valence-corrected chi connectivity index (χ4v) is 4.85. The molecule has 2 fully saturated rings. The van der Waals surface area contributed by atoms with Crippen LogP contribution in [0.1, 0.15) is 75.8 Å². The van der Waals surface area contributed by atoms with Crippen molar-refractivity contribution in [3.63, 3.8) is 0 Å². The Hall–Kier alpha value is -2.04. The Balaban J connectivity index is 1.40. The number of carbonyl (C=O) groups excluding carboxylic acids is 2. The van der Waals surface area contributed by atoms with E-state index in [1.54, 1.807) is 0 Å². The highest BCUT2D eigenvalue weighted by atomic mass is 16.5. The first-order valence-electron chi connectivity index (χ1n) is 10.5. The van der Waals surface area contributed by atoms with Crippen molar-refractivity contribution in [3.05, 3.63) is 29.8 Å². The van der Waals surface area contributed by atoms with Gasteiger partial charge in [0, 0.05) is 37.9 Å². The summed E-state index contributed by atoms with van der Waals surface area (Å²) in [5.41, 5.74) is 0.960. The highest BCUT2D eigenvalue weighted by molar-refractivity contribution is 5.79. The normalized spacial score (nSPS) is 24.2. The Morgan fingerprint density at radius 2 is 1.96 bits per heavy atom. The van der Waals surface area contributed by atoms with E-state index >= 15 is 0 Å². The summed E-state index contributed by atoms with van der Waals surface area (Å²) in [7, 11) is 0. The molecule has 1 aromatic rings. The molecule has 1 aliphatic carbocycles. The maximum atomic E-state index is 12.7. The summed E-state index contributed by atoms with van der Waals surface area (Å²) in [6.07, 6.45) is 9.49. The molecule has 4 rings (SSSR count). The molecule has 146 valence electrons. The second-order valence-corrected chi connectivity index (χ2v) is 8.30. The summed E-state index contributed by atoms with van der Waals surface area (Å²) < 4.78 is 6.37. The summed E-state index contributed by atoms with van der Waals surface area (Å²) >= 11 is 0. The van der Waals surface area contributed by atoms with Crippen LogP contribution >= 0.6 is 0 Å². The zero-order valence-electron chi connectivity index (χ0n) is 16.0. The van der Waals surface area contributed by atoms with E-state index in [1.165, 1.54) is 12.8 Å². The van der Waals surface area contributed by atoms with Crippen LogP contribution in [-0.2, 0) is 9.59 Å². The lowest BCUT2D eigenvalue weighted by atomic mass is 9.86. The first kappa shape index (κ1) is 18.3. The second kappa shape index (κ2) is 7.91. The zero-order chi connectivity index (χ0) is 18.7. The van der Waals surface area contributed by atoms with Gasteiger partial charge in [-0.25, -0.2) is 0 Å². The Bertz CT molecular complexity index is 697. The number of likely N-dealkylation sites (tertiary alicyclic amines) is 1. The van der Waals surface area contributed by atoms with E-state index in [9.17, 15) is 9.59 Å².